The lowest BCUT2D eigenvalue weighted by molar-refractivity contribution is -0.123. The van der Waals surface area contributed by atoms with Gasteiger partial charge in [-0.1, -0.05) is 42.5 Å². The van der Waals surface area contributed by atoms with Gasteiger partial charge in [-0.3, -0.25) is 4.79 Å². The van der Waals surface area contributed by atoms with Crippen molar-refractivity contribution in [2.75, 3.05) is 13.2 Å². The SMILES string of the molecule is CCOc1ccc(-n2c(C)cc(/C=N/NC(=O)COc3ccc(-c4ccccc4)cc3)c2C)cc1. The lowest BCUT2D eigenvalue weighted by Crippen LogP contribution is -2.24. The molecular formula is C29H29N3O3. The third-order valence-electron chi connectivity index (χ3n) is 5.60. The van der Waals surface area contributed by atoms with Crippen molar-refractivity contribution in [3.63, 3.8) is 0 Å². The number of carbonyl (C=O) groups excluding carboxylic acids is 1. The van der Waals surface area contributed by atoms with E-state index in [9.17, 15) is 4.79 Å². The molecule has 0 bridgehead atoms. The van der Waals surface area contributed by atoms with Crippen LogP contribution in [0.2, 0.25) is 0 Å². The second-order valence-electron chi connectivity index (χ2n) is 8.06. The van der Waals surface area contributed by atoms with E-state index < -0.39 is 0 Å². The summed E-state index contributed by atoms with van der Waals surface area (Å²) in [5.41, 5.74) is 8.82. The fourth-order valence-electron chi connectivity index (χ4n) is 3.90. The number of hydrogen-bond donors (Lipinski definition) is 1. The van der Waals surface area contributed by atoms with Crippen LogP contribution in [0.15, 0.2) is 90.0 Å². The number of hydrogen-bond acceptors (Lipinski definition) is 4. The molecule has 0 atom stereocenters. The van der Waals surface area contributed by atoms with Gasteiger partial charge in [-0.25, -0.2) is 5.43 Å². The summed E-state index contributed by atoms with van der Waals surface area (Å²) in [7, 11) is 0. The number of aryl methyl sites for hydroxylation is 1. The minimum Gasteiger partial charge on any atom is -0.494 e. The highest BCUT2D eigenvalue weighted by Crippen LogP contribution is 2.23. The topological polar surface area (TPSA) is 64.8 Å². The molecule has 0 radical (unpaired) electrons. The van der Waals surface area contributed by atoms with E-state index in [1.807, 2.05) is 93.6 Å². The Labute approximate surface area is 205 Å². The maximum Gasteiger partial charge on any atom is 0.277 e. The van der Waals surface area contributed by atoms with E-state index in [1.54, 1.807) is 6.21 Å². The molecule has 0 saturated heterocycles. The number of rotatable bonds is 9. The average molecular weight is 468 g/mol. The van der Waals surface area contributed by atoms with E-state index in [0.29, 0.717) is 12.4 Å². The van der Waals surface area contributed by atoms with Crippen LogP contribution >= 0.6 is 0 Å². The standard InChI is InChI=1S/C29H29N3O3/c1-4-34-27-16-12-26(13-17-27)32-21(2)18-25(22(32)3)19-30-31-29(33)20-35-28-14-10-24(11-15-28)23-8-6-5-7-9-23/h5-19H,4,20H2,1-3H3,(H,31,33)/b30-19+. The van der Waals surface area contributed by atoms with E-state index in [2.05, 4.69) is 27.2 Å². The van der Waals surface area contributed by atoms with E-state index in [0.717, 1.165) is 39.5 Å². The first-order valence-corrected chi connectivity index (χ1v) is 11.6. The predicted molar refractivity (Wildman–Crippen MR) is 140 cm³/mol. The molecule has 0 unspecified atom stereocenters. The fraction of sp³-hybridized carbons (Fsp3) is 0.172. The highest BCUT2D eigenvalue weighted by atomic mass is 16.5. The zero-order valence-electron chi connectivity index (χ0n) is 20.2. The van der Waals surface area contributed by atoms with Gasteiger partial charge in [-0.2, -0.15) is 5.10 Å². The first-order chi connectivity index (χ1) is 17.0. The smallest absolute Gasteiger partial charge is 0.277 e. The zero-order chi connectivity index (χ0) is 24.6. The van der Waals surface area contributed by atoms with Gasteiger partial charge in [0.05, 0.1) is 12.8 Å². The molecule has 178 valence electrons. The Morgan fingerprint density at radius 2 is 1.51 bits per heavy atom. The summed E-state index contributed by atoms with van der Waals surface area (Å²) in [4.78, 5) is 12.2. The number of ether oxygens (including phenoxy) is 2. The molecule has 35 heavy (non-hydrogen) atoms. The molecule has 0 aliphatic heterocycles. The lowest BCUT2D eigenvalue weighted by Gasteiger charge is -2.11. The Morgan fingerprint density at radius 3 is 2.20 bits per heavy atom. The Kier molecular flexibility index (Phi) is 7.63. The number of hydrazone groups is 1. The Morgan fingerprint density at radius 1 is 0.886 bits per heavy atom. The minimum atomic E-state index is -0.325. The predicted octanol–water partition coefficient (Wildman–Crippen LogP) is 5.69. The Bertz CT molecular complexity index is 1290. The molecule has 6 nitrogen and oxygen atoms in total. The van der Waals surface area contributed by atoms with Gasteiger partial charge in [0.25, 0.3) is 5.91 Å². The second-order valence-corrected chi connectivity index (χ2v) is 8.06. The van der Waals surface area contributed by atoms with Crippen LogP contribution in [-0.4, -0.2) is 29.9 Å². The minimum absolute atomic E-state index is 0.118. The number of carbonyl (C=O) groups is 1. The Balaban J connectivity index is 1.32. The number of nitrogens with zero attached hydrogens (tertiary/aromatic N) is 2. The van der Waals surface area contributed by atoms with Gasteiger partial charge < -0.3 is 14.0 Å². The summed E-state index contributed by atoms with van der Waals surface area (Å²) in [6.07, 6.45) is 1.65. The van der Waals surface area contributed by atoms with Gasteiger partial charge >= 0.3 is 0 Å². The van der Waals surface area contributed by atoms with E-state index in [4.69, 9.17) is 9.47 Å². The van der Waals surface area contributed by atoms with Crippen molar-refractivity contribution in [2.24, 2.45) is 5.10 Å². The van der Waals surface area contributed by atoms with E-state index in [1.165, 1.54) is 0 Å². The number of amides is 1. The summed E-state index contributed by atoms with van der Waals surface area (Å²) < 4.78 is 13.3. The second kappa shape index (κ2) is 11.2. The molecule has 0 saturated carbocycles. The molecular weight excluding hydrogens is 438 g/mol. The monoisotopic (exact) mass is 467 g/mol. The van der Waals surface area contributed by atoms with Gasteiger partial charge in [0, 0.05) is 22.6 Å². The first-order valence-electron chi connectivity index (χ1n) is 11.6. The largest absolute Gasteiger partial charge is 0.494 e. The highest BCUT2D eigenvalue weighted by molar-refractivity contribution is 5.84. The fourth-order valence-corrected chi connectivity index (χ4v) is 3.90. The molecule has 0 aliphatic carbocycles. The quantitative estimate of drug-likeness (QED) is 0.254. The normalized spacial score (nSPS) is 10.9. The van der Waals surface area contributed by atoms with Gasteiger partial charge in [0.2, 0.25) is 0 Å². The molecule has 1 amide bonds. The third kappa shape index (κ3) is 5.98. The van der Waals surface area contributed by atoms with Gasteiger partial charge in [0.15, 0.2) is 6.61 Å². The molecule has 0 fully saturated rings. The van der Waals surface area contributed by atoms with Crippen LogP contribution in [0.25, 0.3) is 16.8 Å². The number of nitrogens with one attached hydrogen (secondary N) is 1. The van der Waals surface area contributed by atoms with Crippen molar-refractivity contribution >= 4 is 12.1 Å². The molecule has 0 spiro atoms. The van der Waals surface area contributed by atoms with Crippen molar-refractivity contribution < 1.29 is 14.3 Å². The van der Waals surface area contributed by atoms with Crippen LogP contribution in [-0.2, 0) is 4.79 Å². The van der Waals surface area contributed by atoms with E-state index in [-0.39, 0.29) is 12.5 Å². The van der Waals surface area contributed by atoms with Crippen LogP contribution in [0, 0.1) is 13.8 Å². The highest BCUT2D eigenvalue weighted by Gasteiger charge is 2.10. The summed E-state index contributed by atoms with van der Waals surface area (Å²) in [5, 5.41) is 4.12. The zero-order valence-corrected chi connectivity index (χ0v) is 20.2. The van der Waals surface area contributed by atoms with Crippen molar-refractivity contribution in [1.29, 1.82) is 0 Å². The third-order valence-corrected chi connectivity index (χ3v) is 5.60. The molecule has 3 aromatic carbocycles. The number of benzene rings is 3. The lowest BCUT2D eigenvalue weighted by atomic mass is 10.1. The molecule has 1 aromatic heterocycles. The van der Waals surface area contributed by atoms with Crippen LogP contribution in [0.4, 0.5) is 0 Å². The van der Waals surface area contributed by atoms with Gasteiger partial charge in [0.1, 0.15) is 11.5 Å². The van der Waals surface area contributed by atoms with Crippen molar-refractivity contribution in [1.82, 2.24) is 9.99 Å². The summed E-state index contributed by atoms with van der Waals surface area (Å²) in [6.45, 7) is 6.55. The summed E-state index contributed by atoms with van der Waals surface area (Å²) in [5.74, 6) is 1.15. The molecule has 1 N–H and O–H groups in total. The maximum atomic E-state index is 12.2. The van der Waals surface area contributed by atoms with Crippen LogP contribution < -0.4 is 14.9 Å². The molecule has 1 heterocycles. The molecule has 6 heteroatoms. The van der Waals surface area contributed by atoms with Crippen LogP contribution in [0.1, 0.15) is 23.9 Å². The maximum absolute atomic E-state index is 12.2. The molecule has 4 rings (SSSR count). The van der Waals surface area contributed by atoms with E-state index >= 15 is 0 Å². The Hall–Kier alpha value is -4.32. The first kappa shape index (κ1) is 23.8. The van der Waals surface area contributed by atoms with Gasteiger partial charge in [-0.05, 0) is 74.4 Å². The van der Waals surface area contributed by atoms with Gasteiger partial charge in [-0.15, -0.1) is 0 Å². The summed E-state index contributed by atoms with van der Waals surface area (Å²) >= 11 is 0. The molecule has 0 aliphatic rings. The van der Waals surface area contributed by atoms with Crippen LogP contribution in [0.5, 0.6) is 11.5 Å². The number of aromatic nitrogens is 1. The van der Waals surface area contributed by atoms with Crippen molar-refractivity contribution in [3.8, 4) is 28.3 Å². The van der Waals surface area contributed by atoms with Crippen molar-refractivity contribution in [3.05, 3.63) is 102 Å². The van der Waals surface area contributed by atoms with Crippen LogP contribution in [0.3, 0.4) is 0 Å². The summed E-state index contributed by atoms with van der Waals surface area (Å²) in [6, 6.07) is 27.8. The molecule has 4 aromatic rings. The van der Waals surface area contributed by atoms with Crippen molar-refractivity contribution in [2.45, 2.75) is 20.8 Å². The average Bonchev–Trinajstić information content (AvgIpc) is 3.17.